The van der Waals surface area contributed by atoms with Crippen molar-refractivity contribution in [2.75, 3.05) is 23.5 Å². The smallest absolute Gasteiger partial charge is 0.132 e. The molecule has 0 saturated carbocycles. The summed E-state index contributed by atoms with van der Waals surface area (Å²) in [4.78, 5) is 6.70. The third-order valence-corrected chi connectivity index (χ3v) is 4.23. The zero-order valence-corrected chi connectivity index (χ0v) is 10.4. The maximum atomic E-state index is 5.91. The molecule has 1 aromatic heterocycles. The number of alkyl halides is 1. The lowest BCUT2D eigenvalue weighted by Gasteiger charge is -2.26. The molecule has 1 aromatic rings. The van der Waals surface area contributed by atoms with Crippen molar-refractivity contribution in [1.29, 1.82) is 0 Å². The number of rotatable bonds is 3. The van der Waals surface area contributed by atoms with Gasteiger partial charge in [0.2, 0.25) is 0 Å². The van der Waals surface area contributed by atoms with Crippen molar-refractivity contribution < 1.29 is 0 Å². The first kappa shape index (κ1) is 11.1. The largest absolute Gasteiger partial charge is 0.356 e. The number of hydrogen-bond acceptors (Lipinski definition) is 3. The Morgan fingerprint density at radius 1 is 1.67 bits per heavy atom. The molecular weight excluding hydrogens is 228 g/mol. The van der Waals surface area contributed by atoms with Gasteiger partial charge < -0.3 is 4.90 Å². The van der Waals surface area contributed by atoms with Crippen LogP contribution in [0.1, 0.15) is 12.0 Å². The molecule has 2 heterocycles. The minimum atomic E-state index is 0.535. The van der Waals surface area contributed by atoms with E-state index in [0.29, 0.717) is 11.9 Å². The summed E-state index contributed by atoms with van der Waals surface area (Å²) >= 11 is 7.93. The molecule has 0 aliphatic carbocycles. The Morgan fingerprint density at radius 2 is 2.53 bits per heavy atom. The van der Waals surface area contributed by atoms with Gasteiger partial charge in [0.05, 0.1) is 5.88 Å². The summed E-state index contributed by atoms with van der Waals surface area (Å²) in [7, 11) is 2.12. The lowest BCUT2D eigenvalue weighted by atomic mass is 10.2. The number of thioether (sulfide) groups is 1. The number of nitrogens with zero attached hydrogens (tertiary/aromatic N) is 2. The Morgan fingerprint density at radius 3 is 3.20 bits per heavy atom. The Bertz CT molecular complexity index is 326. The van der Waals surface area contributed by atoms with Crippen LogP contribution in [0.4, 0.5) is 5.82 Å². The molecule has 82 valence electrons. The topological polar surface area (TPSA) is 16.1 Å². The van der Waals surface area contributed by atoms with Gasteiger partial charge in [0.25, 0.3) is 0 Å². The molecule has 0 N–H and O–H groups in total. The molecule has 15 heavy (non-hydrogen) atoms. The Kier molecular flexibility index (Phi) is 3.76. The Labute approximate surface area is 100 Å². The fourth-order valence-corrected chi connectivity index (χ4v) is 3.33. The molecule has 1 atom stereocenters. The van der Waals surface area contributed by atoms with Gasteiger partial charge >= 0.3 is 0 Å². The molecule has 4 heteroatoms. The molecule has 0 bridgehead atoms. The number of aromatic nitrogens is 1. The second kappa shape index (κ2) is 5.08. The summed E-state index contributed by atoms with van der Waals surface area (Å²) in [6.07, 6.45) is 3.09. The van der Waals surface area contributed by atoms with E-state index in [1.54, 1.807) is 0 Å². The molecule has 1 aliphatic rings. The summed E-state index contributed by atoms with van der Waals surface area (Å²) in [6.45, 7) is 0. The monoisotopic (exact) mass is 242 g/mol. The average Bonchev–Trinajstić information content (AvgIpc) is 2.81. The average molecular weight is 243 g/mol. The van der Waals surface area contributed by atoms with Crippen molar-refractivity contribution in [3.63, 3.8) is 0 Å². The lowest BCUT2D eigenvalue weighted by Crippen LogP contribution is -2.32. The van der Waals surface area contributed by atoms with Crippen molar-refractivity contribution in [2.45, 2.75) is 18.3 Å². The van der Waals surface area contributed by atoms with Crippen LogP contribution in [-0.4, -0.2) is 29.6 Å². The van der Waals surface area contributed by atoms with E-state index >= 15 is 0 Å². The molecule has 0 amide bonds. The van der Waals surface area contributed by atoms with Crippen molar-refractivity contribution in [3.05, 3.63) is 23.9 Å². The number of pyridine rings is 1. The van der Waals surface area contributed by atoms with Crippen LogP contribution in [0, 0.1) is 0 Å². The molecule has 1 fully saturated rings. The Hall–Kier alpha value is -0.410. The van der Waals surface area contributed by atoms with Gasteiger partial charge in [0.1, 0.15) is 5.82 Å². The predicted molar refractivity (Wildman–Crippen MR) is 67.9 cm³/mol. The highest BCUT2D eigenvalue weighted by atomic mass is 35.5. The van der Waals surface area contributed by atoms with Crippen LogP contribution in [0.5, 0.6) is 0 Å². The van der Waals surface area contributed by atoms with Gasteiger partial charge in [-0.3, -0.25) is 0 Å². The van der Waals surface area contributed by atoms with E-state index in [9.17, 15) is 0 Å². The second-order valence-electron chi connectivity index (χ2n) is 3.75. The van der Waals surface area contributed by atoms with Crippen LogP contribution in [-0.2, 0) is 5.88 Å². The molecule has 0 spiro atoms. The summed E-state index contributed by atoms with van der Waals surface area (Å²) in [5.41, 5.74) is 1.12. The summed E-state index contributed by atoms with van der Waals surface area (Å²) in [6, 6.07) is 4.61. The number of halogens is 1. The molecule has 1 aliphatic heterocycles. The molecular formula is C11H15ClN2S. The third-order valence-electron chi connectivity index (χ3n) is 2.80. The van der Waals surface area contributed by atoms with Gasteiger partial charge in [0, 0.05) is 30.6 Å². The van der Waals surface area contributed by atoms with E-state index in [1.807, 2.05) is 30.1 Å². The van der Waals surface area contributed by atoms with Crippen molar-refractivity contribution in [2.24, 2.45) is 0 Å². The van der Waals surface area contributed by atoms with Crippen LogP contribution in [0.15, 0.2) is 18.3 Å². The SMILES string of the molecule is CN(c1ncccc1CCl)C1CCSC1. The van der Waals surface area contributed by atoms with E-state index in [2.05, 4.69) is 16.9 Å². The predicted octanol–water partition coefficient (Wildman–Crippen LogP) is 2.76. The highest BCUT2D eigenvalue weighted by Crippen LogP contribution is 2.27. The van der Waals surface area contributed by atoms with Crippen molar-refractivity contribution >= 4 is 29.2 Å². The van der Waals surface area contributed by atoms with Gasteiger partial charge in [0.15, 0.2) is 0 Å². The van der Waals surface area contributed by atoms with Crippen LogP contribution in [0.3, 0.4) is 0 Å². The second-order valence-corrected chi connectivity index (χ2v) is 5.17. The highest BCUT2D eigenvalue weighted by Gasteiger charge is 2.22. The van der Waals surface area contributed by atoms with Crippen LogP contribution >= 0.6 is 23.4 Å². The normalized spacial score (nSPS) is 20.5. The number of hydrogen-bond donors (Lipinski definition) is 0. The van der Waals surface area contributed by atoms with Crippen LogP contribution < -0.4 is 4.90 Å². The molecule has 1 saturated heterocycles. The van der Waals surface area contributed by atoms with Crippen LogP contribution in [0.2, 0.25) is 0 Å². The van der Waals surface area contributed by atoms with E-state index < -0.39 is 0 Å². The minimum Gasteiger partial charge on any atom is -0.356 e. The van der Waals surface area contributed by atoms with E-state index in [1.165, 1.54) is 17.9 Å². The summed E-state index contributed by atoms with van der Waals surface area (Å²) < 4.78 is 0. The quantitative estimate of drug-likeness (QED) is 0.759. The molecule has 2 rings (SSSR count). The van der Waals surface area contributed by atoms with E-state index in [0.717, 1.165) is 11.4 Å². The van der Waals surface area contributed by atoms with E-state index in [4.69, 9.17) is 11.6 Å². The first-order chi connectivity index (χ1) is 7.33. The first-order valence-electron chi connectivity index (χ1n) is 5.13. The third kappa shape index (κ3) is 2.40. The lowest BCUT2D eigenvalue weighted by molar-refractivity contribution is 0.689. The Balaban J connectivity index is 2.19. The minimum absolute atomic E-state index is 0.535. The molecule has 0 radical (unpaired) electrons. The maximum Gasteiger partial charge on any atom is 0.132 e. The van der Waals surface area contributed by atoms with Crippen molar-refractivity contribution in [1.82, 2.24) is 4.98 Å². The van der Waals surface area contributed by atoms with Crippen molar-refractivity contribution in [3.8, 4) is 0 Å². The van der Waals surface area contributed by atoms with Gasteiger partial charge in [-0.1, -0.05) is 6.07 Å². The first-order valence-corrected chi connectivity index (χ1v) is 6.82. The van der Waals surface area contributed by atoms with Gasteiger partial charge in [-0.15, -0.1) is 11.6 Å². The summed E-state index contributed by atoms with van der Waals surface area (Å²) in [5.74, 6) is 4.04. The fraction of sp³-hybridized carbons (Fsp3) is 0.545. The van der Waals surface area contributed by atoms with Gasteiger partial charge in [-0.2, -0.15) is 11.8 Å². The van der Waals surface area contributed by atoms with Crippen LogP contribution in [0.25, 0.3) is 0 Å². The van der Waals surface area contributed by atoms with Gasteiger partial charge in [-0.05, 0) is 18.2 Å². The molecule has 2 nitrogen and oxygen atoms in total. The zero-order chi connectivity index (χ0) is 10.7. The van der Waals surface area contributed by atoms with Gasteiger partial charge in [-0.25, -0.2) is 4.98 Å². The standard InChI is InChI=1S/C11H15ClN2S/c1-14(10-4-6-15-8-10)11-9(7-12)3-2-5-13-11/h2-3,5,10H,4,6-8H2,1H3. The zero-order valence-electron chi connectivity index (χ0n) is 8.82. The summed E-state index contributed by atoms with van der Waals surface area (Å²) in [5, 5.41) is 0. The highest BCUT2D eigenvalue weighted by molar-refractivity contribution is 7.99. The maximum absolute atomic E-state index is 5.91. The number of anilines is 1. The molecule has 1 unspecified atom stereocenters. The fourth-order valence-electron chi connectivity index (χ4n) is 1.85. The molecule has 0 aromatic carbocycles. The van der Waals surface area contributed by atoms with E-state index in [-0.39, 0.29) is 0 Å².